The van der Waals surface area contributed by atoms with Gasteiger partial charge in [-0.3, -0.25) is 0 Å². The van der Waals surface area contributed by atoms with Gasteiger partial charge in [0.2, 0.25) is 5.69 Å². The molecule has 3 aliphatic rings. The summed E-state index contributed by atoms with van der Waals surface area (Å²) in [7, 11) is -1.74. The molecule has 3 unspecified atom stereocenters. The molecule has 1 saturated carbocycles. The number of pyridine rings is 1. The van der Waals surface area contributed by atoms with Gasteiger partial charge in [-0.25, -0.2) is 4.57 Å². The monoisotopic (exact) mass is 809 g/mol. The Labute approximate surface area is 359 Å². The zero-order valence-electron chi connectivity index (χ0n) is 35.3. The second-order valence-electron chi connectivity index (χ2n) is 18.8. The zero-order chi connectivity index (χ0) is 41.0. The Morgan fingerprint density at radius 2 is 1.46 bits per heavy atom. The molecule has 12 rings (SSSR count). The quantitative estimate of drug-likeness (QED) is 0.0894. The van der Waals surface area contributed by atoms with E-state index in [9.17, 15) is 0 Å². The summed E-state index contributed by atoms with van der Waals surface area (Å²) < 4.78 is 14.9. The lowest BCUT2D eigenvalue weighted by molar-refractivity contribution is -0.729. The highest BCUT2D eigenvalue weighted by atomic mass is 28.3. The van der Waals surface area contributed by atoms with Gasteiger partial charge in [0, 0.05) is 33.2 Å². The van der Waals surface area contributed by atoms with Gasteiger partial charge < -0.3 is 4.42 Å². The highest BCUT2D eigenvalue weighted by molar-refractivity contribution is 6.89. The second kappa shape index (κ2) is 13.9. The standard InChI is InChI=1S/C56H51N3OSi/c1-5-45-52(42-26-12-11-24-40(42)49-34-38(33-36-19-9-10-20-36)51(35-57(45)49)61(2,3)4)54-44-32-31-43-41-25-14-18-30-50(41)60-55(43)53(44)56-58(47-28-16-17-29-48(47)59(54)56)46-27-15-13-23-39(46)37-21-7-6-8-22-37/h5-8,11-18,21-32,34-36,45,52,54H,1,9-10,19-20,33H2,2-4H3/q+2. The van der Waals surface area contributed by atoms with Crippen molar-refractivity contribution in [2.75, 3.05) is 0 Å². The summed E-state index contributed by atoms with van der Waals surface area (Å²) in [5, 5.41) is 3.88. The van der Waals surface area contributed by atoms with Crippen LogP contribution in [0.1, 0.15) is 60.4 Å². The molecule has 6 aromatic carbocycles. The van der Waals surface area contributed by atoms with Crippen molar-refractivity contribution in [3.05, 3.63) is 181 Å². The Kier molecular flexibility index (Phi) is 8.31. The lowest BCUT2D eigenvalue weighted by Crippen LogP contribution is -2.56. The normalized spacial score (nSPS) is 18.4. The SMILES string of the molecule is C=CC1C(C2c3ccc4c(oc5ccccc54)c3-c3n(-c4ccccc4-c4ccccc4)c4ccccc4[n+]32)c2ccccc2-c2cc(CC3CCCC3)c([Si](C)(C)C)c[n+]21. The van der Waals surface area contributed by atoms with Crippen molar-refractivity contribution in [2.45, 2.75) is 69.7 Å². The predicted molar refractivity (Wildman–Crippen MR) is 252 cm³/mol. The molecule has 0 radical (unpaired) electrons. The molecule has 1 fully saturated rings. The Balaban J connectivity index is 1.17. The Bertz CT molecular complexity index is 3220. The number of furan rings is 1. The first-order valence-electron chi connectivity index (χ1n) is 22.3. The van der Waals surface area contributed by atoms with E-state index in [1.807, 2.05) is 0 Å². The van der Waals surface area contributed by atoms with Crippen LogP contribution in [-0.4, -0.2) is 12.6 Å². The summed E-state index contributed by atoms with van der Waals surface area (Å²) >= 11 is 0. The number of nitrogens with zero attached hydrogens (tertiary/aromatic N) is 3. The van der Waals surface area contributed by atoms with Crippen LogP contribution in [-0.2, 0) is 6.42 Å². The second-order valence-corrected chi connectivity index (χ2v) is 23.8. The van der Waals surface area contributed by atoms with Crippen LogP contribution in [0.2, 0.25) is 19.6 Å². The largest absolute Gasteiger partial charge is 0.455 e. The number of hydrogen-bond acceptors (Lipinski definition) is 1. The van der Waals surface area contributed by atoms with Gasteiger partial charge in [0.05, 0.1) is 19.6 Å². The van der Waals surface area contributed by atoms with Gasteiger partial charge in [-0.15, -0.1) is 0 Å². The lowest BCUT2D eigenvalue weighted by atomic mass is 9.76. The molecule has 0 spiro atoms. The van der Waals surface area contributed by atoms with Crippen molar-refractivity contribution in [1.29, 1.82) is 0 Å². The Morgan fingerprint density at radius 3 is 2.28 bits per heavy atom. The van der Waals surface area contributed by atoms with Crippen LogP contribution in [0.25, 0.3) is 72.4 Å². The first kappa shape index (κ1) is 36.5. The van der Waals surface area contributed by atoms with Gasteiger partial charge in [0.15, 0.2) is 28.9 Å². The maximum absolute atomic E-state index is 7.04. The highest BCUT2D eigenvalue weighted by Crippen LogP contribution is 2.53. The maximum atomic E-state index is 7.04. The van der Waals surface area contributed by atoms with Crippen molar-refractivity contribution >= 4 is 46.2 Å². The molecule has 298 valence electrons. The topological polar surface area (TPSA) is 25.8 Å². The molecule has 3 aromatic heterocycles. The predicted octanol–water partition coefficient (Wildman–Crippen LogP) is 12.8. The van der Waals surface area contributed by atoms with Crippen LogP contribution in [0.5, 0.6) is 0 Å². The van der Waals surface area contributed by atoms with Crippen molar-refractivity contribution < 1.29 is 13.6 Å². The molecule has 9 aromatic rings. The third kappa shape index (κ3) is 5.49. The van der Waals surface area contributed by atoms with Crippen molar-refractivity contribution in [3.63, 3.8) is 0 Å². The molecule has 1 aliphatic carbocycles. The number of hydrogen-bond donors (Lipinski definition) is 0. The summed E-state index contributed by atoms with van der Waals surface area (Å²) in [4.78, 5) is 0. The van der Waals surface area contributed by atoms with Crippen LogP contribution >= 0.6 is 0 Å². The minimum Gasteiger partial charge on any atom is -0.455 e. The van der Waals surface area contributed by atoms with Crippen LogP contribution in [0, 0.1) is 5.92 Å². The Hall–Kier alpha value is -6.30. The molecule has 3 atom stereocenters. The minimum absolute atomic E-state index is 0.00178. The molecule has 5 heteroatoms. The van der Waals surface area contributed by atoms with E-state index in [4.69, 9.17) is 4.42 Å². The van der Waals surface area contributed by atoms with E-state index in [-0.39, 0.29) is 18.0 Å². The first-order valence-corrected chi connectivity index (χ1v) is 25.8. The number of aromatic nitrogens is 3. The lowest BCUT2D eigenvalue weighted by Gasteiger charge is -2.33. The van der Waals surface area contributed by atoms with Gasteiger partial charge in [-0.05, 0) is 65.4 Å². The average Bonchev–Trinajstić information content (AvgIpc) is 4.08. The fourth-order valence-corrected chi connectivity index (χ4v) is 13.4. The molecule has 0 N–H and O–H groups in total. The maximum Gasteiger partial charge on any atom is 0.299 e. The number of benzene rings is 6. The summed E-state index contributed by atoms with van der Waals surface area (Å²) in [6.07, 6.45) is 11.5. The number of rotatable bonds is 7. The van der Waals surface area contributed by atoms with Crippen LogP contribution in [0.15, 0.2) is 169 Å². The molecule has 2 aliphatic heterocycles. The van der Waals surface area contributed by atoms with Crippen molar-refractivity contribution in [3.8, 4) is 39.5 Å². The third-order valence-electron chi connectivity index (χ3n) is 14.3. The molecule has 5 heterocycles. The molecule has 0 amide bonds. The van der Waals surface area contributed by atoms with E-state index >= 15 is 0 Å². The molecular weight excluding hydrogens is 759 g/mol. The number of para-hydroxylation sites is 4. The van der Waals surface area contributed by atoms with Gasteiger partial charge in [-0.2, -0.15) is 9.13 Å². The summed E-state index contributed by atoms with van der Waals surface area (Å²) in [6, 6.07) is 53.8. The molecule has 0 saturated heterocycles. The van der Waals surface area contributed by atoms with Gasteiger partial charge in [-0.1, -0.05) is 161 Å². The zero-order valence-corrected chi connectivity index (χ0v) is 36.3. The van der Waals surface area contributed by atoms with E-state index < -0.39 is 8.07 Å². The smallest absolute Gasteiger partial charge is 0.299 e. The fraction of sp³-hybridized carbons (Fsp3) is 0.214. The molecule has 4 nitrogen and oxygen atoms in total. The average molecular weight is 810 g/mol. The summed E-state index contributed by atoms with van der Waals surface area (Å²) in [5.41, 5.74) is 15.8. The van der Waals surface area contributed by atoms with Crippen molar-refractivity contribution in [1.82, 2.24) is 4.57 Å². The number of fused-ring (bicyclic) bond motifs is 12. The van der Waals surface area contributed by atoms with Gasteiger partial charge in [0.25, 0.3) is 5.82 Å². The van der Waals surface area contributed by atoms with E-state index in [0.29, 0.717) is 0 Å². The van der Waals surface area contributed by atoms with E-state index in [0.717, 1.165) is 39.4 Å². The van der Waals surface area contributed by atoms with Crippen LogP contribution < -0.4 is 14.3 Å². The Morgan fingerprint density at radius 1 is 0.738 bits per heavy atom. The molecular formula is C56H51N3OSi+2. The summed E-state index contributed by atoms with van der Waals surface area (Å²) in [6.45, 7) is 12.3. The van der Waals surface area contributed by atoms with Crippen molar-refractivity contribution in [2.24, 2.45) is 5.92 Å². The minimum atomic E-state index is -1.74. The molecule has 0 bridgehead atoms. The van der Waals surface area contributed by atoms with E-state index in [1.54, 1.807) is 10.8 Å². The number of imidazole rings is 1. The highest BCUT2D eigenvalue weighted by Gasteiger charge is 2.54. The number of allylic oxidation sites excluding steroid dienone is 1. The van der Waals surface area contributed by atoms with Crippen LogP contribution in [0.3, 0.4) is 0 Å². The van der Waals surface area contributed by atoms with E-state index in [2.05, 4.69) is 198 Å². The first-order chi connectivity index (χ1) is 29.9. The summed E-state index contributed by atoms with van der Waals surface area (Å²) in [5.74, 6) is 1.97. The van der Waals surface area contributed by atoms with Crippen LogP contribution in [0.4, 0.5) is 0 Å². The molecule has 61 heavy (non-hydrogen) atoms. The van der Waals surface area contributed by atoms with Gasteiger partial charge >= 0.3 is 0 Å². The third-order valence-corrected chi connectivity index (χ3v) is 16.4. The van der Waals surface area contributed by atoms with E-state index in [1.165, 1.54) is 82.2 Å². The van der Waals surface area contributed by atoms with Gasteiger partial charge in [0.1, 0.15) is 22.9 Å². The fourth-order valence-electron chi connectivity index (χ4n) is 11.7.